The average Bonchev–Trinajstić information content (AvgIpc) is 2.68. The zero-order valence-electron chi connectivity index (χ0n) is 15.8. The highest BCUT2D eigenvalue weighted by molar-refractivity contribution is 8.19. The highest BCUT2D eigenvalue weighted by Gasteiger charge is 2.18. The molecule has 29 heavy (non-hydrogen) atoms. The summed E-state index contributed by atoms with van der Waals surface area (Å²) in [6, 6.07) is 15.2. The second-order valence-electron chi connectivity index (χ2n) is 6.20. The molecule has 0 unspecified atom stereocenters. The quantitative estimate of drug-likeness (QED) is 0.212. The molecule has 0 fully saturated rings. The molecule has 0 aliphatic carbocycles. The normalized spacial score (nSPS) is 12.0. The smallest absolute Gasteiger partial charge is 0.159 e. The van der Waals surface area contributed by atoms with E-state index < -0.39 is 10.9 Å². The summed E-state index contributed by atoms with van der Waals surface area (Å²) in [6.07, 6.45) is 0. The van der Waals surface area contributed by atoms with Crippen molar-refractivity contribution in [3.05, 3.63) is 54.6 Å². The Morgan fingerprint density at radius 3 is 2.24 bits per heavy atom. The first kappa shape index (κ1) is 21.0. The molecule has 8 nitrogen and oxygen atoms in total. The summed E-state index contributed by atoms with van der Waals surface area (Å²) in [5.74, 6) is 0.543. The molecule has 3 aromatic carbocycles. The van der Waals surface area contributed by atoms with E-state index in [1.54, 1.807) is 18.2 Å². The highest BCUT2D eigenvalue weighted by Crippen LogP contribution is 2.46. The summed E-state index contributed by atoms with van der Waals surface area (Å²) in [6.45, 7) is 3.24. The van der Waals surface area contributed by atoms with Crippen LogP contribution in [0.3, 0.4) is 0 Å². The van der Waals surface area contributed by atoms with Crippen molar-refractivity contribution in [1.82, 2.24) is 0 Å². The van der Waals surface area contributed by atoms with Crippen LogP contribution in [0.5, 0.6) is 11.5 Å². The summed E-state index contributed by atoms with van der Waals surface area (Å²) in [5, 5.41) is 17.3. The predicted molar refractivity (Wildman–Crippen MR) is 115 cm³/mol. The van der Waals surface area contributed by atoms with Gasteiger partial charge >= 0.3 is 0 Å². The van der Waals surface area contributed by atoms with Gasteiger partial charge in [-0.3, -0.25) is 0 Å². The Balaban J connectivity index is 1.62. The molecule has 9 heteroatoms. The van der Waals surface area contributed by atoms with Gasteiger partial charge in [0.1, 0.15) is 29.1 Å². The summed E-state index contributed by atoms with van der Waals surface area (Å²) < 4.78 is 39.2. The Bertz CT molecular complexity index is 960. The molecule has 0 amide bonds. The lowest BCUT2D eigenvalue weighted by molar-refractivity contribution is 0.167. The molecule has 0 saturated heterocycles. The molecule has 0 aliphatic heterocycles. The second-order valence-corrected chi connectivity index (χ2v) is 7.71. The highest BCUT2D eigenvalue weighted by atomic mass is 32.3. The van der Waals surface area contributed by atoms with Crippen molar-refractivity contribution >= 4 is 33.0 Å². The third-order valence-corrected chi connectivity index (χ3v) is 5.04. The largest absolute Gasteiger partial charge is 0.507 e. The molecule has 0 aromatic heterocycles. The number of hydrogen-bond acceptors (Lipinski definition) is 8. The zero-order valence-corrected chi connectivity index (χ0v) is 16.6. The Kier molecular flexibility index (Phi) is 6.68. The van der Waals surface area contributed by atoms with Gasteiger partial charge in [-0.1, -0.05) is 0 Å². The Hall–Kier alpha value is -2.69. The molecule has 0 spiro atoms. The van der Waals surface area contributed by atoms with E-state index in [2.05, 4.69) is 10.6 Å². The molecular formula is C20H24N2O6S. The van der Waals surface area contributed by atoms with Crippen LogP contribution >= 0.6 is 10.9 Å². The first-order chi connectivity index (χ1) is 13.9. The van der Waals surface area contributed by atoms with Crippen molar-refractivity contribution in [2.75, 3.05) is 30.7 Å². The number of rotatable bonds is 9. The van der Waals surface area contributed by atoms with Crippen LogP contribution in [0.2, 0.25) is 0 Å². The first-order valence-corrected chi connectivity index (χ1v) is 10.4. The molecule has 3 aromatic rings. The van der Waals surface area contributed by atoms with Gasteiger partial charge in [0.15, 0.2) is 6.73 Å². The third kappa shape index (κ3) is 5.66. The minimum Gasteiger partial charge on any atom is -0.507 e. The minimum atomic E-state index is -3.91. The number of phenols is 1. The topological polar surface area (TPSA) is 123 Å². The van der Waals surface area contributed by atoms with Crippen LogP contribution < -0.4 is 15.4 Å². The van der Waals surface area contributed by atoms with E-state index in [1.807, 2.05) is 31.2 Å². The van der Waals surface area contributed by atoms with Crippen molar-refractivity contribution < 1.29 is 28.2 Å². The van der Waals surface area contributed by atoms with Crippen LogP contribution in [0.15, 0.2) is 59.5 Å². The second kappa shape index (κ2) is 9.21. The molecule has 156 valence electrons. The zero-order chi connectivity index (χ0) is 20.9. The van der Waals surface area contributed by atoms with Gasteiger partial charge in [-0.25, -0.2) is 0 Å². The van der Waals surface area contributed by atoms with Crippen molar-refractivity contribution in [1.29, 1.82) is 0 Å². The molecular weight excluding hydrogens is 396 g/mol. The minimum absolute atomic E-state index is 0.145. The number of fused-ring (bicyclic) bond motifs is 1. The molecule has 3 rings (SSSR count). The van der Waals surface area contributed by atoms with E-state index in [9.17, 15) is 18.8 Å². The van der Waals surface area contributed by atoms with Crippen LogP contribution in [0.25, 0.3) is 10.8 Å². The summed E-state index contributed by atoms with van der Waals surface area (Å²) in [7, 11) is -3.91. The molecule has 0 radical (unpaired) electrons. The molecule has 0 atom stereocenters. The maximum atomic E-state index is 10.0. The van der Waals surface area contributed by atoms with Gasteiger partial charge in [0.2, 0.25) is 0 Å². The fraction of sp³-hybridized carbons (Fsp3) is 0.200. The van der Waals surface area contributed by atoms with Crippen molar-refractivity contribution in [3.63, 3.8) is 0 Å². The van der Waals surface area contributed by atoms with Crippen LogP contribution in [-0.4, -0.2) is 38.8 Å². The van der Waals surface area contributed by atoms with E-state index in [0.29, 0.717) is 35.5 Å². The standard InChI is InChI=1S/C20H24N2O6S/c1-2-27-12-21-15-3-6-17(7-4-15)28-13-22-16-5-8-19-14(9-16)10-18(11-20(19)23)29(24,25)26/h3-11,21-26H,2,12-13H2,1H3. The van der Waals surface area contributed by atoms with Crippen LogP contribution in [0.4, 0.5) is 11.4 Å². The van der Waals surface area contributed by atoms with Gasteiger partial charge < -0.3 is 38.9 Å². The average molecular weight is 420 g/mol. The lowest BCUT2D eigenvalue weighted by Crippen LogP contribution is -2.09. The number of nitrogens with one attached hydrogen (secondary N) is 2. The Morgan fingerprint density at radius 2 is 1.55 bits per heavy atom. The lowest BCUT2D eigenvalue weighted by Gasteiger charge is -2.20. The number of anilines is 2. The molecule has 0 saturated carbocycles. The predicted octanol–water partition coefficient (Wildman–Crippen LogP) is 4.98. The van der Waals surface area contributed by atoms with Crippen LogP contribution in [-0.2, 0) is 4.74 Å². The van der Waals surface area contributed by atoms with E-state index in [4.69, 9.17) is 9.47 Å². The van der Waals surface area contributed by atoms with E-state index in [1.165, 1.54) is 6.07 Å². The van der Waals surface area contributed by atoms with E-state index >= 15 is 0 Å². The van der Waals surface area contributed by atoms with Crippen molar-refractivity contribution in [2.45, 2.75) is 11.8 Å². The number of ether oxygens (including phenoxy) is 2. The summed E-state index contributed by atoms with van der Waals surface area (Å²) in [4.78, 5) is -0.145. The van der Waals surface area contributed by atoms with E-state index in [-0.39, 0.29) is 17.4 Å². The fourth-order valence-corrected chi connectivity index (χ4v) is 3.25. The maximum absolute atomic E-state index is 10.0. The fourth-order valence-electron chi connectivity index (χ4n) is 2.70. The van der Waals surface area contributed by atoms with Crippen LogP contribution in [0.1, 0.15) is 6.92 Å². The third-order valence-electron chi connectivity index (χ3n) is 4.17. The van der Waals surface area contributed by atoms with Crippen molar-refractivity contribution in [3.8, 4) is 11.5 Å². The monoisotopic (exact) mass is 420 g/mol. The number of aromatic hydroxyl groups is 1. The van der Waals surface area contributed by atoms with Gasteiger partial charge in [0, 0.05) is 23.4 Å². The van der Waals surface area contributed by atoms with Gasteiger partial charge in [0.25, 0.3) is 0 Å². The van der Waals surface area contributed by atoms with E-state index in [0.717, 1.165) is 11.8 Å². The maximum Gasteiger partial charge on any atom is 0.159 e. The SMILES string of the molecule is CCOCNc1ccc(OCNc2ccc3c(O)cc(S(O)(O)O)cc3c2)cc1. The summed E-state index contributed by atoms with van der Waals surface area (Å²) >= 11 is 0. The molecule has 6 N–H and O–H groups in total. The van der Waals surface area contributed by atoms with Gasteiger partial charge in [-0.05, 0) is 66.9 Å². The van der Waals surface area contributed by atoms with Gasteiger partial charge in [-0.15, -0.1) is 0 Å². The number of phenolic OH excluding ortho intramolecular Hbond substituents is 1. The van der Waals surface area contributed by atoms with Crippen LogP contribution in [0, 0.1) is 0 Å². The summed E-state index contributed by atoms with van der Waals surface area (Å²) in [5.41, 5.74) is 1.64. The first-order valence-electron chi connectivity index (χ1n) is 8.92. The van der Waals surface area contributed by atoms with Gasteiger partial charge in [-0.2, -0.15) is 0 Å². The number of benzene rings is 3. The number of hydrogen-bond donors (Lipinski definition) is 6. The Labute approximate surface area is 170 Å². The molecule has 0 bridgehead atoms. The molecule has 0 aliphatic rings. The van der Waals surface area contributed by atoms with Gasteiger partial charge in [0.05, 0.1) is 4.90 Å². The van der Waals surface area contributed by atoms with Crippen molar-refractivity contribution in [2.24, 2.45) is 0 Å². The Morgan fingerprint density at radius 1 is 0.862 bits per heavy atom. The lowest BCUT2D eigenvalue weighted by atomic mass is 10.1. The molecule has 0 heterocycles.